The van der Waals surface area contributed by atoms with E-state index in [4.69, 9.17) is 4.74 Å². The van der Waals surface area contributed by atoms with Gasteiger partial charge in [-0.05, 0) is 41.0 Å². The maximum atomic E-state index is 12.0. The number of esters is 1. The van der Waals surface area contributed by atoms with Gasteiger partial charge in [0.2, 0.25) is 11.8 Å². The van der Waals surface area contributed by atoms with Crippen LogP contribution in [0, 0.1) is 0 Å². The van der Waals surface area contributed by atoms with Gasteiger partial charge in [-0.15, -0.1) is 0 Å². The van der Waals surface area contributed by atoms with E-state index in [1.165, 1.54) is 0 Å². The molecule has 0 aliphatic carbocycles. The monoisotopic (exact) mass is 314 g/mol. The van der Waals surface area contributed by atoms with Crippen molar-refractivity contribution in [2.24, 2.45) is 0 Å². The second-order valence-corrected chi connectivity index (χ2v) is 6.51. The highest BCUT2D eigenvalue weighted by atomic mass is 16.6. The molecule has 2 unspecified atom stereocenters. The number of unbranched alkanes of at least 4 members (excludes halogenated alkanes) is 2. The van der Waals surface area contributed by atoms with Crippen molar-refractivity contribution >= 4 is 17.8 Å². The molecule has 0 aromatic rings. The van der Waals surface area contributed by atoms with Crippen molar-refractivity contribution in [2.45, 2.75) is 84.9 Å². The number of hydrogen-bond donors (Lipinski definition) is 2. The van der Waals surface area contributed by atoms with E-state index in [0.29, 0.717) is 6.42 Å². The van der Waals surface area contributed by atoms with Crippen LogP contribution in [-0.2, 0) is 19.1 Å². The summed E-state index contributed by atoms with van der Waals surface area (Å²) < 4.78 is 5.19. The summed E-state index contributed by atoms with van der Waals surface area (Å²) in [6, 6.07) is -1.44. The molecule has 0 heterocycles. The molecule has 0 aromatic heterocycles. The summed E-state index contributed by atoms with van der Waals surface area (Å²) in [5, 5.41) is 5.17. The Bertz CT molecular complexity index is 388. The van der Waals surface area contributed by atoms with E-state index in [0.717, 1.165) is 19.3 Å². The van der Waals surface area contributed by atoms with Crippen LogP contribution < -0.4 is 10.6 Å². The van der Waals surface area contributed by atoms with E-state index >= 15 is 0 Å². The third-order valence-electron chi connectivity index (χ3n) is 2.90. The average Bonchev–Trinajstić information content (AvgIpc) is 2.36. The van der Waals surface area contributed by atoms with Crippen LogP contribution in [-0.4, -0.2) is 35.5 Å². The van der Waals surface area contributed by atoms with Gasteiger partial charge in [-0.1, -0.05) is 19.8 Å². The Labute approximate surface area is 133 Å². The average molecular weight is 314 g/mol. The number of nitrogens with one attached hydrogen (secondary N) is 2. The molecule has 6 nitrogen and oxygen atoms in total. The van der Waals surface area contributed by atoms with Crippen LogP contribution in [0.1, 0.15) is 67.2 Å². The van der Waals surface area contributed by atoms with Crippen molar-refractivity contribution < 1.29 is 19.1 Å². The Morgan fingerprint density at radius 1 is 1.00 bits per heavy atom. The third-order valence-corrected chi connectivity index (χ3v) is 2.90. The van der Waals surface area contributed by atoms with Gasteiger partial charge in [-0.3, -0.25) is 9.59 Å². The molecule has 22 heavy (non-hydrogen) atoms. The van der Waals surface area contributed by atoms with Crippen molar-refractivity contribution in [1.29, 1.82) is 0 Å². The highest BCUT2D eigenvalue weighted by Gasteiger charge is 2.25. The van der Waals surface area contributed by atoms with Crippen LogP contribution in [0.4, 0.5) is 0 Å². The Morgan fingerprint density at radius 2 is 1.59 bits per heavy atom. The first-order chi connectivity index (χ1) is 10.1. The highest BCUT2D eigenvalue weighted by Crippen LogP contribution is 2.08. The van der Waals surface area contributed by atoms with Crippen LogP contribution in [0.5, 0.6) is 0 Å². The predicted molar refractivity (Wildman–Crippen MR) is 85.2 cm³/mol. The molecule has 2 N–H and O–H groups in total. The van der Waals surface area contributed by atoms with E-state index < -0.39 is 29.6 Å². The maximum Gasteiger partial charge on any atom is 0.328 e. The SMILES string of the molecule is CCCCCC(=O)NC(C)C(=O)NC(C)C(=O)OC(C)(C)C. The Hall–Kier alpha value is -1.59. The lowest BCUT2D eigenvalue weighted by Crippen LogP contribution is -2.50. The van der Waals surface area contributed by atoms with E-state index in [2.05, 4.69) is 17.6 Å². The molecule has 0 saturated carbocycles. The van der Waals surface area contributed by atoms with Crippen LogP contribution in [0.3, 0.4) is 0 Å². The third kappa shape index (κ3) is 9.37. The lowest BCUT2D eigenvalue weighted by molar-refractivity contribution is -0.158. The van der Waals surface area contributed by atoms with Gasteiger partial charge in [-0.2, -0.15) is 0 Å². The normalized spacial score (nSPS) is 13.9. The van der Waals surface area contributed by atoms with Gasteiger partial charge in [-0.25, -0.2) is 4.79 Å². The van der Waals surface area contributed by atoms with Gasteiger partial charge in [0.15, 0.2) is 0 Å². The maximum absolute atomic E-state index is 12.0. The van der Waals surface area contributed by atoms with Crippen LogP contribution in [0.15, 0.2) is 0 Å². The second-order valence-electron chi connectivity index (χ2n) is 6.51. The molecule has 2 amide bonds. The first kappa shape index (κ1) is 20.4. The van der Waals surface area contributed by atoms with Crippen molar-refractivity contribution in [3.8, 4) is 0 Å². The fourth-order valence-electron chi connectivity index (χ4n) is 1.70. The summed E-state index contributed by atoms with van der Waals surface area (Å²) in [7, 11) is 0. The molecule has 128 valence electrons. The van der Waals surface area contributed by atoms with Crippen LogP contribution >= 0.6 is 0 Å². The Kier molecular flexibility index (Phi) is 8.75. The lowest BCUT2D eigenvalue weighted by Gasteiger charge is -2.23. The minimum absolute atomic E-state index is 0.152. The van der Waals surface area contributed by atoms with Gasteiger partial charge in [0.25, 0.3) is 0 Å². The fraction of sp³-hybridized carbons (Fsp3) is 0.812. The molecule has 0 bridgehead atoms. The number of carbonyl (C=O) groups excluding carboxylic acids is 3. The quantitative estimate of drug-likeness (QED) is 0.529. The van der Waals surface area contributed by atoms with Crippen molar-refractivity contribution in [3.05, 3.63) is 0 Å². The predicted octanol–water partition coefficient (Wildman–Crippen LogP) is 1.92. The molecule has 0 radical (unpaired) electrons. The van der Waals surface area contributed by atoms with E-state index in [-0.39, 0.29) is 5.91 Å². The molecule has 6 heteroatoms. The fourth-order valence-corrected chi connectivity index (χ4v) is 1.70. The Balaban J connectivity index is 4.23. The first-order valence-electron chi connectivity index (χ1n) is 7.89. The molecule has 0 fully saturated rings. The van der Waals surface area contributed by atoms with Gasteiger partial charge in [0, 0.05) is 6.42 Å². The number of hydrogen-bond acceptors (Lipinski definition) is 4. The first-order valence-corrected chi connectivity index (χ1v) is 7.89. The molecule has 0 saturated heterocycles. The minimum Gasteiger partial charge on any atom is -0.458 e. The zero-order valence-corrected chi connectivity index (χ0v) is 14.6. The number of ether oxygens (including phenoxy) is 1. The zero-order chi connectivity index (χ0) is 17.3. The van der Waals surface area contributed by atoms with Crippen LogP contribution in [0.2, 0.25) is 0 Å². The van der Waals surface area contributed by atoms with E-state index in [1.54, 1.807) is 34.6 Å². The summed E-state index contributed by atoms with van der Waals surface area (Å²) in [5.74, 6) is -1.05. The topological polar surface area (TPSA) is 84.5 Å². The van der Waals surface area contributed by atoms with Gasteiger partial charge in [0.05, 0.1) is 0 Å². The lowest BCUT2D eigenvalue weighted by atomic mass is 10.2. The summed E-state index contributed by atoms with van der Waals surface area (Å²) in [4.78, 5) is 35.4. The summed E-state index contributed by atoms with van der Waals surface area (Å²) >= 11 is 0. The smallest absolute Gasteiger partial charge is 0.328 e. The zero-order valence-electron chi connectivity index (χ0n) is 14.6. The van der Waals surface area contributed by atoms with E-state index in [9.17, 15) is 14.4 Å². The van der Waals surface area contributed by atoms with Gasteiger partial charge in [0.1, 0.15) is 17.7 Å². The summed E-state index contributed by atoms with van der Waals surface area (Å²) in [5.41, 5.74) is -0.602. The largest absolute Gasteiger partial charge is 0.458 e. The molecular weight excluding hydrogens is 284 g/mol. The standard InChI is InChI=1S/C16H30N2O4/c1-7-8-9-10-13(19)17-11(2)14(20)18-12(3)15(21)22-16(4,5)6/h11-12H,7-10H2,1-6H3,(H,17,19)(H,18,20). The molecule has 0 spiro atoms. The minimum atomic E-state index is -0.758. The second kappa shape index (κ2) is 9.43. The molecule has 0 aromatic carbocycles. The van der Waals surface area contributed by atoms with Crippen molar-refractivity contribution in [2.75, 3.05) is 0 Å². The molecule has 0 aliphatic rings. The number of amides is 2. The molecule has 2 atom stereocenters. The van der Waals surface area contributed by atoms with Crippen molar-refractivity contribution in [1.82, 2.24) is 10.6 Å². The molecule has 0 rings (SSSR count). The van der Waals surface area contributed by atoms with Crippen LogP contribution in [0.25, 0.3) is 0 Å². The molecular formula is C16H30N2O4. The van der Waals surface area contributed by atoms with Crippen molar-refractivity contribution in [3.63, 3.8) is 0 Å². The highest BCUT2D eigenvalue weighted by molar-refractivity contribution is 5.90. The summed E-state index contributed by atoms with van der Waals surface area (Å²) in [6.07, 6.45) is 3.25. The Morgan fingerprint density at radius 3 is 2.09 bits per heavy atom. The number of rotatable bonds is 8. The summed E-state index contributed by atoms with van der Waals surface area (Å²) in [6.45, 7) is 10.5. The van der Waals surface area contributed by atoms with E-state index in [1.807, 2.05) is 0 Å². The van der Waals surface area contributed by atoms with Gasteiger partial charge >= 0.3 is 5.97 Å². The molecule has 0 aliphatic heterocycles. The van der Waals surface area contributed by atoms with Gasteiger partial charge < -0.3 is 15.4 Å². The number of carbonyl (C=O) groups is 3.